The number of ketones is 1. The third-order valence-electron chi connectivity index (χ3n) is 5.69. The van der Waals surface area contributed by atoms with Crippen LogP contribution in [0.4, 0.5) is 5.69 Å². The fraction of sp³-hybridized carbons (Fsp3) is 0.185. The van der Waals surface area contributed by atoms with E-state index in [9.17, 15) is 14.7 Å². The Morgan fingerprint density at radius 1 is 0.875 bits per heavy atom. The molecule has 5 heteroatoms. The largest absolute Gasteiger partial charge is 0.507 e. The number of aryl methyl sites for hydroxylation is 3. The van der Waals surface area contributed by atoms with Gasteiger partial charge < -0.3 is 9.84 Å². The number of hydrogen-bond donors (Lipinski definition) is 1. The number of hydrogen-bond acceptors (Lipinski definition) is 4. The molecule has 0 aromatic heterocycles. The molecule has 1 amide bonds. The zero-order valence-corrected chi connectivity index (χ0v) is 18.5. The first-order valence-corrected chi connectivity index (χ1v) is 10.4. The summed E-state index contributed by atoms with van der Waals surface area (Å²) in [5, 5.41) is 11.2. The quantitative estimate of drug-likeness (QED) is 0.351. The van der Waals surface area contributed by atoms with Crippen molar-refractivity contribution < 1.29 is 19.4 Å². The van der Waals surface area contributed by atoms with Gasteiger partial charge in [-0.05, 0) is 50.1 Å². The van der Waals surface area contributed by atoms with Crippen LogP contribution in [0.25, 0.3) is 5.76 Å². The van der Waals surface area contributed by atoms with Crippen LogP contribution in [0.5, 0.6) is 5.75 Å². The normalized spacial score (nSPS) is 17.6. The number of benzene rings is 3. The zero-order chi connectivity index (χ0) is 23.0. The first-order valence-electron chi connectivity index (χ1n) is 10.4. The molecule has 3 aromatic carbocycles. The number of anilines is 1. The molecule has 1 atom stereocenters. The molecule has 1 aliphatic rings. The number of nitrogens with zero attached hydrogens (tertiary/aromatic N) is 1. The summed E-state index contributed by atoms with van der Waals surface area (Å²) in [4.78, 5) is 28.0. The number of aliphatic hydroxyl groups excluding tert-OH is 1. The van der Waals surface area contributed by atoms with Crippen molar-refractivity contribution in [3.8, 4) is 5.75 Å². The van der Waals surface area contributed by atoms with Crippen molar-refractivity contribution in [2.75, 3.05) is 12.0 Å². The lowest BCUT2D eigenvalue weighted by Gasteiger charge is -2.27. The molecule has 0 radical (unpaired) electrons. The van der Waals surface area contributed by atoms with Gasteiger partial charge in [0.1, 0.15) is 11.5 Å². The summed E-state index contributed by atoms with van der Waals surface area (Å²) >= 11 is 0. The minimum Gasteiger partial charge on any atom is -0.507 e. The van der Waals surface area contributed by atoms with Crippen LogP contribution in [0.3, 0.4) is 0 Å². The Morgan fingerprint density at radius 2 is 1.50 bits per heavy atom. The summed E-state index contributed by atoms with van der Waals surface area (Å²) in [6, 6.07) is 19.4. The molecule has 1 unspecified atom stereocenters. The monoisotopic (exact) mass is 427 g/mol. The Balaban J connectivity index is 2.00. The minimum atomic E-state index is -0.825. The van der Waals surface area contributed by atoms with Crippen molar-refractivity contribution in [3.05, 3.63) is 100 Å². The molecule has 1 N–H and O–H groups in total. The molecular weight excluding hydrogens is 402 g/mol. The average Bonchev–Trinajstić information content (AvgIpc) is 3.03. The van der Waals surface area contributed by atoms with E-state index in [1.54, 1.807) is 25.3 Å². The van der Waals surface area contributed by atoms with Crippen molar-refractivity contribution in [3.63, 3.8) is 0 Å². The highest BCUT2D eigenvalue weighted by atomic mass is 16.5. The lowest BCUT2D eigenvalue weighted by atomic mass is 9.94. The van der Waals surface area contributed by atoms with E-state index in [0.29, 0.717) is 22.6 Å². The van der Waals surface area contributed by atoms with Crippen molar-refractivity contribution in [1.82, 2.24) is 0 Å². The fourth-order valence-electron chi connectivity index (χ4n) is 4.24. The van der Waals surface area contributed by atoms with Gasteiger partial charge in [0, 0.05) is 16.8 Å². The zero-order valence-electron chi connectivity index (χ0n) is 18.5. The molecule has 1 saturated heterocycles. The number of methoxy groups -OCH3 is 1. The van der Waals surface area contributed by atoms with Gasteiger partial charge >= 0.3 is 0 Å². The molecule has 32 heavy (non-hydrogen) atoms. The Labute approximate surface area is 187 Å². The van der Waals surface area contributed by atoms with Crippen LogP contribution >= 0.6 is 0 Å². The Morgan fingerprint density at radius 3 is 2.12 bits per heavy atom. The molecule has 162 valence electrons. The molecule has 0 saturated carbocycles. The van der Waals surface area contributed by atoms with E-state index in [1.165, 1.54) is 4.90 Å². The highest BCUT2D eigenvalue weighted by Gasteiger charge is 2.48. The number of amides is 1. The predicted molar refractivity (Wildman–Crippen MR) is 125 cm³/mol. The topological polar surface area (TPSA) is 66.8 Å². The lowest BCUT2D eigenvalue weighted by Crippen LogP contribution is -2.29. The van der Waals surface area contributed by atoms with Gasteiger partial charge in [0.2, 0.25) is 0 Å². The number of para-hydroxylation sites is 1. The Hall–Kier alpha value is -3.86. The number of carbonyl (C=O) groups excluding carboxylic acids is 2. The maximum absolute atomic E-state index is 13.3. The van der Waals surface area contributed by atoms with E-state index in [1.807, 2.05) is 69.3 Å². The summed E-state index contributed by atoms with van der Waals surface area (Å²) in [6.45, 7) is 5.83. The number of Topliss-reactive ketones (excluding diaryl/α,β-unsaturated/α-hetero) is 1. The fourth-order valence-corrected chi connectivity index (χ4v) is 4.24. The third-order valence-corrected chi connectivity index (χ3v) is 5.69. The van der Waals surface area contributed by atoms with Crippen LogP contribution in [0.15, 0.2) is 72.3 Å². The minimum absolute atomic E-state index is 0.0440. The van der Waals surface area contributed by atoms with Crippen molar-refractivity contribution in [2.45, 2.75) is 26.8 Å². The molecule has 0 spiro atoms. The van der Waals surface area contributed by atoms with Crippen LogP contribution in [-0.2, 0) is 9.59 Å². The second-order valence-corrected chi connectivity index (χ2v) is 8.12. The van der Waals surface area contributed by atoms with Crippen LogP contribution in [0.1, 0.15) is 33.9 Å². The van der Waals surface area contributed by atoms with E-state index in [4.69, 9.17) is 4.74 Å². The Bertz CT molecular complexity index is 1220. The molecule has 1 aliphatic heterocycles. The molecule has 0 bridgehead atoms. The second kappa shape index (κ2) is 8.35. The van der Waals surface area contributed by atoms with E-state index < -0.39 is 17.7 Å². The van der Waals surface area contributed by atoms with Crippen molar-refractivity contribution in [1.29, 1.82) is 0 Å². The summed E-state index contributed by atoms with van der Waals surface area (Å²) in [7, 11) is 1.54. The van der Waals surface area contributed by atoms with Gasteiger partial charge in [0.15, 0.2) is 0 Å². The number of carbonyl (C=O) groups is 2. The maximum Gasteiger partial charge on any atom is 0.300 e. The summed E-state index contributed by atoms with van der Waals surface area (Å²) < 4.78 is 5.56. The SMILES string of the molecule is COc1ccccc1C1/C(=C(\O)c2ccc(C)cc2)C(=O)C(=O)N1c1cc(C)cc(C)c1. The Kier molecular flexibility index (Phi) is 5.57. The molecular formula is C27H25NO4. The van der Waals surface area contributed by atoms with Gasteiger partial charge in [-0.1, -0.05) is 54.1 Å². The number of ether oxygens (including phenoxy) is 1. The van der Waals surface area contributed by atoms with Gasteiger partial charge in [0.25, 0.3) is 11.7 Å². The van der Waals surface area contributed by atoms with Gasteiger partial charge in [-0.3, -0.25) is 14.5 Å². The average molecular weight is 428 g/mol. The van der Waals surface area contributed by atoms with E-state index in [-0.39, 0.29) is 11.3 Å². The van der Waals surface area contributed by atoms with Gasteiger partial charge in [-0.2, -0.15) is 0 Å². The first-order chi connectivity index (χ1) is 15.3. The van der Waals surface area contributed by atoms with Gasteiger partial charge in [-0.15, -0.1) is 0 Å². The van der Waals surface area contributed by atoms with Crippen LogP contribution < -0.4 is 9.64 Å². The van der Waals surface area contributed by atoms with E-state index in [2.05, 4.69) is 0 Å². The van der Waals surface area contributed by atoms with E-state index >= 15 is 0 Å². The highest BCUT2D eigenvalue weighted by Crippen LogP contribution is 2.45. The third kappa shape index (κ3) is 3.66. The lowest BCUT2D eigenvalue weighted by molar-refractivity contribution is -0.132. The van der Waals surface area contributed by atoms with E-state index in [0.717, 1.165) is 16.7 Å². The summed E-state index contributed by atoms with van der Waals surface area (Å²) in [5.41, 5.74) is 4.72. The van der Waals surface area contributed by atoms with Gasteiger partial charge in [0.05, 0.1) is 18.7 Å². The van der Waals surface area contributed by atoms with Crippen molar-refractivity contribution in [2.24, 2.45) is 0 Å². The van der Waals surface area contributed by atoms with Crippen LogP contribution in [0.2, 0.25) is 0 Å². The smallest absolute Gasteiger partial charge is 0.300 e. The standard InChI is InChI=1S/C27H25NO4/c1-16-9-11-19(12-10-16)25(29)23-24(21-7-5-6-8-22(21)32-4)28(27(31)26(23)30)20-14-17(2)13-18(3)15-20/h5-15,24,29H,1-4H3/b25-23+. The molecule has 0 aliphatic carbocycles. The number of aliphatic hydroxyl groups is 1. The molecule has 5 nitrogen and oxygen atoms in total. The predicted octanol–water partition coefficient (Wildman–Crippen LogP) is 5.25. The van der Waals surface area contributed by atoms with Crippen molar-refractivity contribution >= 4 is 23.1 Å². The maximum atomic E-state index is 13.3. The first kappa shape index (κ1) is 21.4. The number of rotatable bonds is 4. The molecule has 3 aromatic rings. The molecule has 4 rings (SSSR count). The summed E-state index contributed by atoms with van der Waals surface area (Å²) in [6.07, 6.45) is 0. The van der Waals surface area contributed by atoms with Crippen LogP contribution in [-0.4, -0.2) is 23.9 Å². The second-order valence-electron chi connectivity index (χ2n) is 8.12. The van der Waals surface area contributed by atoms with Crippen LogP contribution in [0, 0.1) is 20.8 Å². The molecule has 1 heterocycles. The summed E-state index contributed by atoms with van der Waals surface area (Å²) in [5.74, 6) is -1.08. The highest BCUT2D eigenvalue weighted by molar-refractivity contribution is 6.51. The molecule has 1 fully saturated rings. The van der Waals surface area contributed by atoms with Gasteiger partial charge in [-0.25, -0.2) is 0 Å².